The van der Waals surface area contributed by atoms with Gasteiger partial charge < -0.3 is 4.90 Å². The van der Waals surface area contributed by atoms with Crippen LogP contribution in [0.15, 0.2) is 18.2 Å². The summed E-state index contributed by atoms with van der Waals surface area (Å²) in [7, 11) is 0. The molecule has 0 saturated carbocycles. The Morgan fingerprint density at radius 1 is 1.30 bits per heavy atom. The number of anilines is 1. The highest BCUT2D eigenvalue weighted by molar-refractivity contribution is 9.09. The summed E-state index contributed by atoms with van der Waals surface area (Å²) >= 11 is 3.39. The first kappa shape index (κ1) is 15.6. The second-order valence-electron chi connectivity index (χ2n) is 5.10. The van der Waals surface area contributed by atoms with Crippen LogP contribution < -0.4 is 4.90 Å². The van der Waals surface area contributed by atoms with Gasteiger partial charge in [0, 0.05) is 18.4 Å². The molecule has 6 heteroatoms. The monoisotopic (exact) mass is 353 g/mol. The number of benzene rings is 1. The highest BCUT2D eigenvalue weighted by Gasteiger charge is 2.32. The van der Waals surface area contributed by atoms with E-state index in [9.17, 15) is 17.6 Å². The van der Waals surface area contributed by atoms with Crippen molar-refractivity contribution in [2.24, 2.45) is 5.92 Å². The van der Waals surface area contributed by atoms with Crippen molar-refractivity contribution in [1.29, 1.82) is 0 Å². The molecule has 0 aliphatic carbocycles. The van der Waals surface area contributed by atoms with Gasteiger partial charge in [0.25, 0.3) is 0 Å². The first-order chi connectivity index (χ1) is 9.41. The molecule has 1 aromatic rings. The third-order valence-electron chi connectivity index (χ3n) is 3.65. The molecule has 20 heavy (non-hydrogen) atoms. The first-order valence-corrected chi connectivity index (χ1v) is 7.71. The molecule has 1 aliphatic heterocycles. The molecule has 112 valence electrons. The van der Waals surface area contributed by atoms with E-state index in [1.165, 1.54) is 6.07 Å². The van der Waals surface area contributed by atoms with Gasteiger partial charge in [-0.25, -0.2) is 4.39 Å². The van der Waals surface area contributed by atoms with E-state index in [-0.39, 0.29) is 5.69 Å². The molecule has 2 rings (SSSR count). The Bertz CT molecular complexity index is 459. The summed E-state index contributed by atoms with van der Waals surface area (Å²) in [5.41, 5.74) is -0.662. The van der Waals surface area contributed by atoms with Crippen LogP contribution in [0.1, 0.15) is 24.8 Å². The van der Waals surface area contributed by atoms with Crippen LogP contribution in [-0.2, 0) is 6.18 Å². The van der Waals surface area contributed by atoms with Gasteiger partial charge in [0.15, 0.2) is 0 Å². The minimum absolute atomic E-state index is 0.275. The summed E-state index contributed by atoms with van der Waals surface area (Å²) in [5, 5.41) is 0.890. The summed E-state index contributed by atoms with van der Waals surface area (Å²) in [6.07, 6.45) is -1.47. The molecule has 0 amide bonds. The van der Waals surface area contributed by atoms with Crippen molar-refractivity contribution in [3.05, 3.63) is 29.6 Å². The van der Waals surface area contributed by atoms with Gasteiger partial charge >= 0.3 is 6.18 Å². The third-order valence-corrected chi connectivity index (χ3v) is 4.11. The van der Waals surface area contributed by atoms with Gasteiger partial charge in [-0.3, -0.25) is 0 Å². The smallest absolute Gasteiger partial charge is 0.369 e. The Morgan fingerprint density at radius 3 is 2.65 bits per heavy atom. The van der Waals surface area contributed by atoms with Crippen LogP contribution in [0.5, 0.6) is 0 Å². The maximum atomic E-state index is 13.9. The van der Waals surface area contributed by atoms with Crippen molar-refractivity contribution in [3.8, 4) is 0 Å². The Balaban J connectivity index is 2.16. The lowest BCUT2D eigenvalue weighted by Gasteiger charge is -2.34. The maximum absolute atomic E-state index is 13.9. The average Bonchev–Trinajstić information content (AvgIpc) is 2.38. The van der Waals surface area contributed by atoms with Crippen LogP contribution >= 0.6 is 15.9 Å². The summed E-state index contributed by atoms with van der Waals surface area (Å²) in [5.74, 6) is -0.330. The molecule has 1 unspecified atom stereocenters. The lowest BCUT2D eigenvalue weighted by molar-refractivity contribution is -0.137. The number of halogens is 5. The molecule has 0 aromatic heterocycles. The van der Waals surface area contributed by atoms with Gasteiger partial charge in [0.2, 0.25) is 0 Å². The van der Waals surface area contributed by atoms with Crippen LogP contribution in [0.25, 0.3) is 0 Å². The molecule has 0 radical (unpaired) electrons. The first-order valence-electron chi connectivity index (χ1n) is 6.59. The van der Waals surface area contributed by atoms with Crippen LogP contribution in [0.2, 0.25) is 0 Å². The summed E-state index contributed by atoms with van der Waals surface area (Å²) in [6, 6.07) is 2.78. The van der Waals surface area contributed by atoms with Gasteiger partial charge in [0.05, 0.1) is 11.3 Å². The Kier molecular flexibility index (Phi) is 4.94. The quantitative estimate of drug-likeness (QED) is 0.554. The number of rotatable bonds is 3. The minimum atomic E-state index is -4.50. The number of piperidine rings is 1. The van der Waals surface area contributed by atoms with Gasteiger partial charge in [-0.1, -0.05) is 15.9 Å². The van der Waals surface area contributed by atoms with Gasteiger partial charge in [-0.15, -0.1) is 0 Å². The molecule has 0 N–H and O–H groups in total. The molecule has 1 heterocycles. The second kappa shape index (κ2) is 6.33. The molecule has 1 aliphatic rings. The van der Waals surface area contributed by atoms with Crippen molar-refractivity contribution >= 4 is 21.6 Å². The Hall–Kier alpha value is -0.780. The zero-order chi connectivity index (χ0) is 14.8. The highest BCUT2D eigenvalue weighted by Crippen LogP contribution is 2.33. The van der Waals surface area contributed by atoms with Crippen molar-refractivity contribution in [2.75, 3.05) is 23.3 Å². The number of hydrogen-bond donors (Lipinski definition) is 0. The predicted molar refractivity (Wildman–Crippen MR) is 74.8 cm³/mol. The molecular formula is C14H16BrF4N. The predicted octanol–water partition coefficient (Wildman–Crippen LogP) is 4.85. The van der Waals surface area contributed by atoms with Crippen molar-refractivity contribution in [2.45, 2.75) is 25.4 Å². The SMILES string of the molecule is Fc1cc(C(F)(F)F)ccc1N1CCCC(CCBr)C1. The largest absolute Gasteiger partial charge is 0.416 e. The minimum Gasteiger partial charge on any atom is -0.369 e. The molecule has 1 saturated heterocycles. The lowest BCUT2D eigenvalue weighted by Crippen LogP contribution is -2.36. The molecule has 1 atom stereocenters. The third kappa shape index (κ3) is 3.65. The van der Waals surface area contributed by atoms with E-state index in [2.05, 4.69) is 15.9 Å². The van der Waals surface area contributed by atoms with E-state index < -0.39 is 17.6 Å². The van der Waals surface area contributed by atoms with Gasteiger partial charge in [0.1, 0.15) is 5.82 Å². The van der Waals surface area contributed by atoms with E-state index in [0.717, 1.165) is 30.7 Å². The summed E-state index contributed by atoms with van der Waals surface area (Å²) < 4.78 is 51.5. The summed E-state index contributed by atoms with van der Waals surface area (Å²) in [6.45, 7) is 1.40. The fraction of sp³-hybridized carbons (Fsp3) is 0.571. The van der Waals surface area contributed by atoms with Crippen LogP contribution in [0.4, 0.5) is 23.2 Å². The standard InChI is InChI=1S/C14H16BrF4N/c15-6-5-10-2-1-7-20(9-10)13-4-3-11(8-12(13)16)14(17,18)19/h3-4,8,10H,1-2,5-7,9H2. The second-order valence-corrected chi connectivity index (χ2v) is 5.89. The van der Waals surface area contributed by atoms with E-state index in [1.54, 1.807) is 0 Å². The fourth-order valence-corrected chi connectivity index (χ4v) is 3.26. The molecular weight excluding hydrogens is 338 g/mol. The number of hydrogen-bond acceptors (Lipinski definition) is 1. The summed E-state index contributed by atoms with van der Waals surface area (Å²) in [4.78, 5) is 1.85. The number of alkyl halides is 4. The fourth-order valence-electron chi connectivity index (χ4n) is 2.61. The van der Waals surface area contributed by atoms with Crippen LogP contribution in [0, 0.1) is 11.7 Å². The zero-order valence-electron chi connectivity index (χ0n) is 10.9. The molecule has 0 spiro atoms. The van der Waals surface area contributed by atoms with Crippen molar-refractivity contribution < 1.29 is 17.6 Å². The highest BCUT2D eigenvalue weighted by atomic mass is 79.9. The van der Waals surface area contributed by atoms with Crippen LogP contribution in [0.3, 0.4) is 0 Å². The van der Waals surface area contributed by atoms with Crippen molar-refractivity contribution in [3.63, 3.8) is 0 Å². The Labute approximate surface area is 124 Å². The van der Waals surface area contributed by atoms with Crippen molar-refractivity contribution in [1.82, 2.24) is 0 Å². The molecule has 0 bridgehead atoms. The van der Waals surface area contributed by atoms with E-state index >= 15 is 0 Å². The topological polar surface area (TPSA) is 3.24 Å². The number of nitrogens with zero attached hydrogens (tertiary/aromatic N) is 1. The zero-order valence-corrected chi connectivity index (χ0v) is 12.5. The van der Waals surface area contributed by atoms with E-state index in [1.807, 2.05) is 4.90 Å². The van der Waals surface area contributed by atoms with E-state index in [0.29, 0.717) is 25.1 Å². The Morgan fingerprint density at radius 2 is 2.05 bits per heavy atom. The van der Waals surface area contributed by atoms with E-state index in [4.69, 9.17) is 0 Å². The lowest BCUT2D eigenvalue weighted by atomic mass is 9.95. The molecule has 1 aromatic carbocycles. The van der Waals surface area contributed by atoms with Crippen LogP contribution in [-0.4, -0.2) is 18.4 Å². The van der Waals surface area contributed by atoms with Gasteiger partial charge in [-0.05, 0) is 43.4 Å². The van der Waals surface area contributed by atoms with Gasteiger partial charge in [-0.2, -0.15) is 13.2 Å². The molecule has 1 fully saturated rings. The normalized spacial score (nSPS) is 20.2. The maximum Gasteiger partial charge on any atom is 0.416 e. The molecule has 1 nitrogen and oxygen atoms in total. The average molecular weight is 354 g/mol.